The van der Waals surface area contributed by atoms with E-state index in [4.69, 9.17) is 9.47 Å². The van der Waals surface area contributed by atoms with Crippen molar-refractivity contribution in [3.05, 3.63) is 60.2 Å². The van der Waals surface area contributed by atoms with Gasteiger partial charge in [-0.25, -0.2) is 14.5 Å². The molecular formula is C26H27N3O6. The summed E-state index contributed by atoms with van der Waals surface area (Å²) in [5, 5.41) is 2.78. The molecule has 5 rings (SSSR count). The van der Waals surface area contributed by atoms with Gasteiger partial charge < -0.3 is 19.7 Å². The number of imide groups is 1. The normalized spacial score (nSPS) is 25.6. The second kappa shape index (κ2) is 9.50. The summed E-state index contributed by atoms with van der Waals surface area (Å²) in [4.78, 5) is 54.3. The smallest absolute Gasteiger partial charge is 0.337 e. The number of benzene rings is 2. The Kier molecular flexibility index (Phi) is 6.25. The topological polar surface area (TPSA) is 105 Å². The first-order valence-corrected chi connectivity index (χ1v) is 11.8. The maximum Gasteiger partial charge on any atom is 0.337 e. The molecule has 3 fully saturated rings. The number of carbonyl (C=O) groups excluding carboxylic acids is 4. The minimum absolute atomic E-state index is 0.0201. The lowest BCUT2D eigenvalue weighted by atomic mass is 9.81. The molecule has 1 saturated carbocycles. The molecule has 2 aliphatic heterocycles. The number of rotatable bonds is 5. The quantitative estimate of drug-likeness (QED) is 0.663. The van der Waals surface area contributed by atoms with Crippen LogP contribution in [-0.4, -0.2) is 60.6 Å². The first-order valence-electron chi connectivity index (χ1n) is 11.8. The Morgan fingerprint density at radius 3 is 2.46 bits per heavy atom. The van der Waals surface area contributed by atoms with Gasteiger partial charge in [-0.1, -0.05) is 31.0 Å². The SMILES string of the molecule is COC(=O)c1ccc(NC(=O)CN2C(=O)N(c3ccccc3)C(=O)C3OC4CCCCC4C32)cc1. The molecule has 4 atom stereocenters. The van der Waals surface area contributed by atoms with E-state index in [9.17, 15) is 19.2 Å². The van der Waals surface area contributed by atoms with E-state index in [1.54, 1.807) is 48.5 Å². The maximum absolute atomic E-state index is 13.6. The van der Waals surface area contributed by atoms with E-state index in [2.05, 4.69) is 5.32 Å². The van der Waals surface area contributed by atoms with Crippen LogP contribution in [0.3, 0.4) is 0 Å². The Bertz CT molecular complexity index is 1140. The third-order valence-corrected chi connectivity index (χ3v) is 7.00. The highest BCUT2D eigenvalue weighted by molar-refractivity contribution is 6.18. The van der Waals surface area contributed by atoms with E-state index in [0.717, 1.165) is 30.6 Å². The lowest BCUT2D eigenvalue weighted by molar-refractivity contribution is -0.133. The molecular weight excluding hydrogens is 450 g/mol. The molecule has 4 amide bonds. The van der Waals surface area contributed by atoms with Crippen molar-refractivity contribution < 1.29 is 28.7 Å². The van der Waals surface area contributed by atoms with E-state index in [1.165, 1.54) is 12.0 Å². The summed E-state index contributed by atoms with van der Waals surface area (Å²) in [6.07, 6.45) is 2.83. The molecule has 0 radical (unpaired) electrons. The average molecular weight is 478 g/mol. The van der Waals surface area contributed by atoms with Gasteiger partial charge in [0.2, 0.25) is 5.91 Å². The molecule has 35 heavy (non-hydrogen) atoms. The van der Waals surface area contributed by atoms with Gasteiger partial charge in [-0.05, 0) is 49.2 Å². The fourth-order valence-electron chi connectivity index (χ4n) is 5.41. The zero-order valence-electron chi connectivity index (χ0n) is 19.4. The molecule has 9 nitrogen and oxygen atoms in total. The molecule has 2 heterocycles. The lowest BCUT2D eigenvalue weighted by Crippen LogP contribution is -2.65. The Labute approximate surface area is 203 Å². The van der Waals surface area contributed by atoms with Gasteiger partial charge in [0.15, 0.2) is 6.10 Å². The second-order valence-electron chi connectivity index (χ2n) is 9.07. The molecule has 3 aliphatic rings. The highest BCUT2D eigenvalue weighted by Gasteiger charge is 2.58. The van der Waals surface area contributed by atoms with Crippen molar-refractivity contribution in [3.8, 4) is 0 Å². The number of hydrogen-bond acceptors (Lipinski definition) is 6. The van der Waals surface area contributed by atoms with Gasteiger partial charge in [-0.2, -0.15) is 0 Å². The van der Waals surface area contributed by atoms with Gasteiger partial charge in [0.05, 0.1) is 30.5 Å². The van der Waals surface area contributed by atoms with Crippen molar-refractivity contribution >= 4 is 35.2 Å². The monoisotopic (exact) mass is 477 g/mol. The Balaban J connectivity index is 1.39. The van der Waals surface area contributed by atoms with E-state index in [0.29, 0.717) is 16.9 Å². The fourth-order valence-corrected chi connectivity index (χ4v) is 5.41. The number of anilines is 2. The van der Waals surface area contributed by atoms with Crippen LogP contribution >= 0.6 is 0 Å². The number of methoxy groups -OCH3 is 1. The largest absolute Gasteiger partial charge is 0.465 e. The number of esters is 1. The van der Waals surface area contributed by atoms with Crippen molar-refractivity contribution in [1.29, 1.82) is 0 Å². The van der Waals surface area contributed by atoms with Crippen LogP contribution in [0.2, 0.25) is 0 Å². The first-order chi connectivity index (χ1) is 17.0. The van der Waals surface area contributed by atoms with E-state index < -0.39 is 30.1 Å². The van der Waals surface area contributed by atoms with Crippen LogP contribution in [0.4, 0.5) is 16.2 Å². The molecule has 182 valence electrons. The molecule has 4 unspecified atom stereocenters. The minimum atomic E-state index is -0.798. The molecule has 2 saturated heterocycles. The minimum Gasteiger partial charge on any atom is -0.465 e. The molecule has 1 N–H and O–H groups in total. The summed E-state index contributed by atoms with van der Waals surface area (Å²) < 4.78 is 10.9. The van der Waals surface area contributed by atoms with Crippen molar-refractivity contribution in [2.45, 2.75) is 43.9 Å². The summed E-state index contributed by atoms with van der Waals surface area (Å²) in [6.45, 7) is -0.220. The van der Waals surface area contributed by atoms with E-state index in [-0.39, 0.29) is 24.5 Å². The van der Waals surface area contributed by atoms with Gasteiger partial charge in [0.25, 0.3) is 5.91 Å². The Morgan fingerprint density at radius 2 is 1.74 bits per heavy atom. The summed E-state index contributed by atoms with van der Waals surface area (Å²) >= 11 is 0. The van der Waals surface area contributed by atoms with Crippen LogP contribution in [0.15, 0.2) is 54.6 Å². The van der Waals surface area contributed by atoms with Crippen molar-refractivity contribution in [3.63, 3.8) is 0 Å². The maximum atomic E-state index is 13.6. The number of para-hydroxylation sites is 1. The number of hydrogen-bond donors (Lipinski definition) is 1. The van der Waals surface area contributed by atoms with Crippen LogP contribution in [0.5, 0.6) is 0 Å². The number of nitrogens with zero attached hydrogens (tertiary/aromatic N) is 2. The molecule has 2 aromatic carbocycles. The number of urea groups is 1. The summed E-state index contributed by atoms with van der Waals surface area (Å²) in [7, 11) is 1.30. The number of nitrogens with one attached hydrogen (secondary N) is 1. The standard InChI is InChI=1S/C26H27N3O6/c1-34-25(32)16-11-13-17(14-12-16)27-21(30)15-28-22-19-9-5-6-10-20(19)35-23(22)24(31)29(26(28)33)18-7-3-2-4-8-18/h2-4,7-8,11-14,19-20,22-23H,5-6,9-10,15H2,1H3,(H,27,30). The predicted octanol–water partition coefficient (Wildman–Crippen LogP) is 3.21. The van der Waals surface area contributed by atoms with Crippen molar-refractivity contribution in [2.24, 2.45) is 5.92 Å². The van der Waals surface area contributed by atoms with E-state index >= 15 is 0 Å². The third kappa shape index (κ3) is 4.27. The van der Waals surface area contributed by atoms with Crippen molar-refractivity contribution in [1.82, 2.24) is 4.90 Å². The number of amides is 4. The van der Waals surface area contributed by atoms with Crippen LogP contribution in [0.1, 0.15) is 36.0 Å². The molecule has 9 heteroatoms. The third-order valence-electron chi connectivity index (χ3n) is 7.00. The lowest BCUT2D eigenvalue weighted by Gasteiger charge is -2.42. The average Bonchev–Trinajstić information content (AvgIpc) is 3.27. The zero-order chi connectivity index (χ0) is 24.5. The van der Waals surface area contributed by atoms with Crippen LogP contribution in [0, 0.1) is 5.92 Å². The molecule has 0 aromatic heterocycles. The van der Waals surface area contributed by atoms with Crippen LogP contribution in [0.25, 0.3) is 0 Å². The number of carbonyl (C=O) groups is 4. The molecule has 1 aliphatic carbocycles. The summed E-state index contributed by atoms with van der Waals surface area (Å²) in [5.74, 6) is -1.23. The van der Waals surface area contributed by atoms with Gasteiger partial charge in [-0.15, -0.1) is 0 Å². The zero-order valence-corrected chi connectivity index (χ0v) is 19.4. The van der Waals surface area contributed by atoms with Gasteiger partial charge in [-0.3, -0.25) is 9.59 Å². The first kappa shape index (κ1) is 23.0. The van der Waals surface area contributed by atoms with Crippen LogP contribution < -0.4 is 10.2 Å². The van der Waals surface area contributed by atoms with Crippen molar-refractivity contribution in [2.75, 3.05) is 23.9 Å². The Morgan fingerprint density at radius 1 is 1.03 bits per heavy atom. The van der Waals surface area contributed by atoms with Gasteiger partial charge >= 0.3 is 12.0 Å². The number of fused-ring (bicyclic) bond motifs is 3. The number of ether oxygens (including phenoxy) is 2. The van der Waals surface area contributed by atoms with Gasteiger partial charge in [0, 0.05) is 11.6 Å². The molecule has 0 bridgehead atoms. The highest BCUT2D eigenvalue weighted by atomic mass is 16.5. The Hall–Kier alpha value is -3.72. The van der Waals surface area contributed by atoms with E-state index in [1.807, 2.05) is 6.07 Å². The van der Waals surface area contributed by atoms with Gasteiger partial charge in [0.1, 0.15) is 6.54 Å². The summed E-state index contributed by atoms with van der Waals surface area (Å²) in [6, 6.07) is 14.0. The molecule has 0 spiro atoms. The summed E-state index contributed by atoms with van der Waals surface area (Å²) in [5.41, 5.74) is 1.30. The second-order valence-corrected chi connectivity index (χ2v) is 9.07. The fraction of sp³-hybridized carbons (Fsp3) is 0.385. The van der Waals surface area contributed by atoms with Crippen LogP contribution in [-0.2, 0) is 19.1 Å². The predicted molar refractivity (Wildman–Crippen MR) is 127 cm³/mol. The highest BCUT2D eigenvalue weighted by Crippen LogP contribution is 2.43. The molecule has 2 aromatic rings.